The number of benzene rings is 1. The van der Waals surface area contributed by atoms with Crippen molar-refractivity contribution in [3.8, 4) is 0 Å². The van der Waals surface area contributed by atoms with Gasteiger partial charge in [-0.2, -0.15) is 0 Å². The Morgan fingerprint density at radius 1 is 1.10 bits per heavy atom. The van der Waals surface area contributed by atoms with Crippen LogP contribution in [0.25, 0.3) is 0 Å². The van der Waals surface area contributed by atoms with Crippen LogP contribution in [0, 0.1) is 0 Å². The number of nitrogens with zero attached hydrogens (tertiary/aromatic N) is 1. The number of hydrogen-bond acceptors (Lipinski definition) is 3. The summed E-state index contributed by atoms with van der Waals surface area (Å²) in [4.78, 5) is 27.0. The lowest BCUT2D eigenvalue weighted by atomic mass is 10.2. The van der Waals surface area contributed by atoms with Crippen molar-refractivity contribution in [1.29, 1.82) is 0 Å². The molecule has 2 N–H and O–H groups in total. The van der Waals surface area contributed by atoms with Crippen molar-refractivity contribution in [2.45, 2.75) is 6.92 Å². The molecule has 0 atom stereocenters. The van der Waals surface area contributed by atoms with E-state index in [0.717, 1.165) is 0 Å². The monoisotopic (exact) mass is 323 g/mol. The maximum absolute atomic E-state index is 12.0. The van der Waals surface area contributed by atoms with E-state index >= 15 is 0 Å². The molecule has 0 spiro atoms. The minimum atomic E-state index is -0.409. The largest absolute Gasteiger partial charge is 0.325 e. The highest BCUT2D eigenvalue weighted by Crippen LogP contribution is 2.25. The molecule has 2 rings (SSSR count). The fourth-order valence-electron chi connectivity index (χ4n) is 1.61. The number of carbonyl (C=O) groups is 2. The van der Waals surface area contributed by atoms with Crippen LogP contribution in [0.15, 0.2) is 36.5 Å². The van der Waals surface area contributed by atoms with E-state index in [0.29, 0.717) is 21.4 Å². The molecule has 1 aromatic carbocycles. The van der Waals surface area contributed by atoms with Crippen molar-refractivity contribution in [2.24, 2.45) is 0 Å². The first kappa shape index (κ1) is 15.3. The molecule has 2 aromatic rings. The molecule has 21 heavy (non-hydrogen) atoms. The first-order valence-electron chi connectivity index (χ1n) is 5.96. The maximum atomic E-state index is 12.0. The van der Waals surface area contributed by atoms with E-state index in [2.05, 4.69) is 15.6 Å². The van der Waals surface area contributed by atoms with E-state index < -0.39 is 5.91 Å². The average molecular weight is 324 g/mol. The van der Waals surface area contributed by atoms with Crippen LogP contribution in [0.4, 0.5) is 11.4 Å². The van der Waals surface area contributed by atoms with E-state index in [1.807, 2.05) is 0 Å². The van der Waals surface area contributed by atoms with Gasteiger partial charge in [-0.05, 0) is 30.3 Å². The lowest BCUT2D eigenvalue weighted by Crippen LogP contribution is -2.14. The van der Waals surface area contributed by atoms with Crippen molar-refractivity contribution in [2.75, 3.05) is 10.6 Å². The Kier molecular flexibility index (Phi) is 4.77. The van der Waals surface area contributed by atoms with Gasteiger partial charge in [0.05, 0.1) is 10.7 Å². The number of pyridine rings is 1. The molecule has 0 aliphatic rings. The van der Waals surface area contributed by atoms with Gasteiger partial charge in [0.2, 0.25) is 5.91 Å². The minimum Gasteiger partial charge on any atom is -0.325 e. The first-order chi connectivity index (χ1) is 9.95. The van der Waals surface area contributed by atoms with Gasteiger partial charge in [-0.3, -0.25) is 14.6 Å². The van der Waals surface area contributed by atoms with Crippen LogP contribution in [0.3, 0.4) is 0 Å². The molecule has 2 amide bonds. The van der Waals surface area contributed by atoms with Gasteiger partial charge in [-0.15, -0.1) is 0 Å². The fourth-order valence-corrected chi connectivity index (χ4v) is 1.94. The van der Waals surface area contributed by atoms with E-state index in [9.17, 15) is 9.59 Å². The van der Waals surface area contributed by atoms with Gasteiger partial charge in [-0.1, -0.05) is 23.2 Å². The molecular formula is C14H11Cl2N3O2. The smallest absolute Gasteiger partial charge is 0.274 e. The van der Waals surface area contributed by atoms with Crippen molar-refractivity contribution < 1.29 is 9.59 Å². The number of anilines is 2. The van der Waals surface area contributed by atoms with Crippen LogP contribution in [-0.4, -0.2) is 16.8 Å². The molecule has 0 unspecified atom stereocenters. The summed E-state index contributed by atoms with van der Waals surface area (Å²) in [7, 11) is 0. The lowest BCUT2D eigenvalue weighted by Gasteiger charge is -2.09. The second-order valence-electron chi connectivity index (χ2n) is 4.19. The topological polar surface area (TPSA) is 71.1 Å². The van der Waals surface area contributed by atoms with Gasteiger partial charge in [0.1, 0.15) is 5.69 Å². The number of amides is 2. The molecule has 108 valence electrons. The second kappa shape index (κ2) is 6.56. The standard InChI is InChI=1S/C14H11Cl2N3O2/c1-8(20)18-12-7-10(2-3-11(12)16)19-14(21)13-6-9(15)4-5-17-13/h2-7H,1H3,(H,18,20)(H,19,21). The Bertz CT molecular complexity index is 704. The van der Waals surface area contributed by atoms with Gasteiger partial charge in [0.15, 0.2) is 0 Å². The summed E-state index contributed by atoms with van der Waals surface area (Å²) in [6, 6.07) is 7.80. The zero-order valence-corrected chi connectivity index (χ0v) is 12.5. The lowest BCUT2D eigenvalue weighted by molar-refractivity contribution is -0.114. The van der Waals surface area contributed by atoms with E-state index in [4.69, 9.17) is 23.2 Å². The Hall–Kier alpha value is -2.11. The SMILES string of the molecule is CC(=O)Nc1cc(NC(=O)c2cc(Cl)ccn2)ccc1Cl. The van der Waals surface area contributed by atoms with Crippen molar-refractivity contribution in [3.63, 3.8) is 0 Å². The Morgan fingerprint density at radius 3 is 2.52 bits per heavy atom. The fraction of sp³-hybridized carbons (Fsp3) is 0.0714. The molecule has 0 saturated carbocycles. The summed E-state index contributed by atoms with van der Waals surface area (Å²) >= 11 is 11.8. The van der Waals surface area contributed by atoms with E-state index in [-0.39, 0.29) is 11.6 Å². The van der Waals surface area contributed by atoms with Crippen LogP contribution in [0.1, 0.15) is 17.4 Å². The highest BCUT2D eigenvalue weighted by molar-refractivity contribution is 6.34. The molecular weight excluding hydrogens is 313 g/mol. The van der Waals surface area contributed by atoms with Gasteiger partial charge in [0, 0.05) is 23.8 Å². The molecule has 1 aromatic heterocycles. The van der Waals surface area contributed by atoms with Gasteiger partial charge >= 0.3 is 0 Å². The highest BCUT2D eigenvalue weighted by Gasteiger charge is 2.10. The van der Waals surface area contributed by atoms with Crippen LogP contribution < -0.4 is 10.6 Å². The number of rotatable bonds is 3. The quantitative estimate of drug-likeness (QED) is 0.906. The normalized spacial score (nSPS) is 10.0. The molecule has 5 nitrogen and oxygen atoms in total. The van der Waals surface area contributed by atoms with Gasteiger partial charge in [0.25, 0.3) is 5.91 Å². The molecule has 0 radical (unpaired) electrons. The molecule has 0 fully saturated rings. The molecule has 1 heterocycles. The maximum Gasteiger partial charge on any atom is 0.274 e. The first-order valence-corrected chi connectivity index (χ1v) is 6.71. The van der Waals surface area contributed by atoms with Gasteiger partial charge < -0.3 is 10.6 Å². The predicted molar refractivity (Wildman–Crippen MR) is 83.0 cm³/mol. The zero-order chi connectivity index (χ0) is 15.4. The molecule has 0 aliphatic carbocycles. The predicted octanol–water partition coefficient (Wildman–Crippen LogP) is 3.60. The summed E-state index contributed by atoms with van der Waals surface area (Å²) in [6.07, 6.45) is 1.45. The number of aromatic nitrogens is 1. The number of halogens is 2. The van der Waals surface area contributed by atoms with Crippen LogP contribution >= 0.6 is 23.2 Å². The average Bonchev–Trinajstić information content (AvgIpc) is 2.42. The Balaban J connectivity index is 2.19. The summed E-state index contributed by atoms with van der Waals surface area (Å²) in [5.74, 6) is -0.662. The Morgan fingerprint density at radius 2 is 1.86 bits per heavy atom. The Labute approximate surface area is 131 Å². The summed E-state index contributed by atoms with van der Waals surface area (Å²) in [5.41, 5.74) is 1.09. The van der Waals surface area contributed by atoms with E-state index in [1.165, 1.54) is 19.2 Å². The number of nitrogens with one attached hydrogen (secondary N) is 2. The summed E-state index contributed by atoms with van der Waals surface area (Å²) in [5, 5.41) is 6.03. The summed E-state index contributed by atoms with van der Waals surface area (Å²) in [6.45, 7) is 1.37. The molecule has 0 saturated heterocycles. The van der Waals surface area contributed by atoms with Crippen molar-refractivity contribution in [1.82, 2.24) is 4.98 Å². The van der Waals surface area contributed by atoms with Crippen molar-refractivity contribution in [3.05, 3.63) is 52.3 Å². The third-order valence-electron chi connectivity index (χ3n) is 2.49. The molecule has 0 bridgehead atoms. The summed E-state index contributed by atoms with van der Waals surface area (Å²) < 4.78 is 0. The highest BCUT2D eigenvalue weighted by atomic mass is 35.5. The number of carbonyl (C=O) groups excluding carboxylic acids is 2. The van der Waals surface area contributed by atoms with Crippen LogP contribution in [-0.2, 0) is 4.79 Å². The zero-order valence-electron chi connectivity index (χ0n) is 11.0. The second-order valence-corrected chi connectivity index (χ2v) is 5.03. The minimum absolute atomic E-state index is 0.193. The third-order valence-corrected chi connectivity index (χ3v) is 3.05. The molecule has 0 aliphatic heterocycles. The number of hydrogen-bond donors (Lipinski definition) is 2. The van der Waals surface area contributed by atoms with Crippen LogP contribution in [0.2, 0.25) is 10.0 Å². The van der Waals surface area contributed by atoms with E-state index in [1.54, 1.807) is 24.3 Å². The van der Waals surface area contributed by atoms with Crippen LogP contribution in [0.5, 0.6) is 0 Å². The molecule has 7 heteroatoms. The third kappa shape index (κ3) is 4.18. The van der Waals surface area contributed by atoms with Crippen molar-refractivity contribution >= 4 is 46.4 Å². The van der Waals surface area contributed by atoms with Gasteiger partial charge in [-0.25, -0.2) is 0 Å².